The first-order chi connectivity index (χ1) is 12.6. The number of benzene rings is 1. The van der Waals surface area contributed by atoms with Crippen LogP contribution in [0.3, 0.4) is 0 Å². The molecule has 1 aromatic rings. The van der Waals surface area contributed by atoms with Crippen molar-refractivity contribution < 1.29 is 14.3 Å². The van der Waals surface area contributed by atoms with Gasteiger partial charge in [0.15, 0.2) is 0 Å². The van der Waals surface area contributed by atoms with Gasteiger partial charge in [0, 0.05) is 24.5 Å². The Bertz CT molecular complexity index is 575. The molecule has 0 aromatic heterocycles. The van der Waals surface area contributed by atoms with Crippen molar-refractivity contribution in [3.8, 4) is 0 Å². The monoisotopic (exact) mass is 360 g/mol. The van der Waals surface area contributed by atoms with E-state index in [9.17, 15) is 9.59 Å². The third-order valence-electron chi connectivity index (χ3n) is 5.21. The summed E-state index contributed by atoms with van der Waals surface area (Å²) < 4.78 is 5.19. The maximum absolute atomic E-state index is 12.8. The molecule has 1 N–H and O–H groups in total. The first-order valence-electron chi connectivity index (χ1n) is 9.93. The van der Waals surface area contributed by atoms with Crippen LogP contribution >= 0.6 is 0 Å². The Morgan fingerprint density at radius 2 is 1.69 bits per heavy atom. The normalized spacial score (nSPS) is 16.0. The highest BCUT2D eigenvalue weighted by Crippen LogP contribution is 2.32. The van der Waals surface area contributed by atoms with Gasteiger partial charge in [0.05, 0.1) is 6.61 Å². The quantitative estimate of drug-likeness (QED) is 0.557. The molecule has 5 nitrogen and oxygen atoms in total. The van der Waals surface area contributed by atoms with Crippen LogP contribution < -0.4 is 10.2 Å². The zero-order chi connectivity index (χ0) is 18.9. The number of carbonyl (C=O) groups excluding carboxylic acids is 2. The molecule has 2 rings (SSSR count). The van der Waals surface area contributed by atoms with Crippen LogP contribution in [0.15, 0.2) is 24.3 Å². The van der Waals surface area contributed by atoms with Crippen LogP contribution in [0.4, 0.5) is 11.4 Å². The second-order valence-electron chi connectivity index (χ2n) is 6.84. The predicted molar refractivity (Wildman–Crippen MR) is 105 cm³/mol. The van der Waals surface area contributed by atoms with Gasteiger partial charge in [-0.2, -0.15) is 0 Å². The fraction of sp³-hybridized carbons (Fsp3) is 0.619. The summed E-state index contributed by atoms with van der Waals surface area (Å²) in [4.78, 5) is 27.5. The molecule has 0 aliphatic heterocycles. The summed E-state index contributed by atoms with van der Waals surface area (Å²) >= 11 is 0. The number of anilines is 2. The Balaban J connectivity index is 2.09. The van der Waals surface area contributed by atoms with Crippen LogP contribution in [0.2, 0.25) is 0 Å². The number of esters is 1. The number of hydrogen-bond acceptors (Lipinski definition) is 4. The molecule has 5 heteroatoms. The Labute approximate surface area is 157 Å². The number of carbonyl (C=O) groups is 2. The van der Waals surface area contributed by atoms with E-state index >= 15 is 0 Å². The van der Waals surface area contributed by atoms with Gasteiger partial charge in [0.2, 0.25) is 5.91 Å². The molecule has 0 spiro atoms. The van der Waals surface area contributed by atoms with E-state index in [1.807, 2.05) is 24.3 Å². The molecule has 1 aromatic carbocycles. The van der Waals surface area contributed by atoms with Crippen molar-refractivity contribution in [1.29, 1.82) is 0 Å². The maximum atomic E-state index is 12.8. The van der Waals surface area contributed by atoms with Crippen molar-refractivity contribution in [1.82, 2.24) is 0 Å². The van der Waals surface area contributed by atoms with E-state index in [0.717, 1.165) is 50.1 Å². The average molecular weight is 360 g/mol. The fourth-order valence-electron chi connectivity index (χ4n) is 3.78. The molecule has 1 aliphatic rings. The van der Waals surface area contributed by atoms with Crippen molar-refractivity contribution in [2.75, 3.05) is 29.9 Å². The highest BCUT2D eigenvalue weighted by atomic mass is 16.5. The molecule has 0 bridgehead atoms. The van der Waals surface area contributed by atoms with Gasteiger partial charge in [0.1, 0.15) is 5.92 Å². The Hall–Kier alpha value is -2.04. The molecule has 0 saturated heterocycles. The Morgan fingerprint density at radius 3 is 2.23 bits per heavy atom. The van der Waals surface area contributed by atoms with Crippen molar-refractivity contribution in [3.05, 3.63) is 24.3 Å². The second kappa shape index (κ2) is 10.2. The largest absolute Gasteiger partial charge is 0.465 e. The summed E-state index contributed by atoms with van der Waals surface area (Å²) in [5.41, 5.74) is 1.85. The molecule has 0 radical (unpaired) electrons. The summed E-state index contributed by atoms with van der Waals surface area (Å²) in [5.74, 6) is -1.27. The van der Waals surface area contributed by atoms with E-state index in [4.69, 9.17) is 4.74 Å². The summed E-state index contributed by atoms with van der Waals surface area (Å²) in [6, 6.07) is 7.80. The second-order valence-corrected chi connectivity index (χ2v) is 6.84. The molecule has 1 atom stereocenters. The van der Waals surface area contributed by atoms with E-state index in [2.05, 4.69) is 24.1 Å². The number of rotatable bonds is 8. The molecule has 1 aliphatic carbocycles. The molecular weight excluding hydrogens is 328 g/mol. The summed E-state index contributed by atoms with van der Waals surface area (Å²) in [5, 5.41) is 2.92. The van der Waals surface area contributed by atoms with Gasteiger partial charge in [-0.05, 0) is 63.8 Å². The first kappa shape index (κ1) is 20.3. The highest BCUT2D eigenvalue weighted by Gasteiger charge is 2.36. The van der Waals surface area contributed by atoms with Crippen LogP contribution in [0.5, 0.6) is 0 Å². The van der Waals surface area contributed by atoms with Crippen molar-refractivity contribution in [2.45, 2.75) is 52.9 Å². The molecule has 0 heterocycles. The van der Waals surface area contributed by atoms with Gasteiger partial charge < -0.3 is 15.0 Å². The van der Waals surface area contributed by atoms with Gasteiger partial charge in [-0.25, -0.2) is 0 Å². The van der Waals surface area contributed by atoms with Gasteiger partial charge in [-0.15, -0.1) is 0 Å². The summed E-state index contributed by atoms with van der Waals surface area (Å²) in [6.07, 6.45) is 5.16. The minimum atomic E-state index is -0.710. The van der Waals surface area contributed by atoms with Crippen molar-refractivity contribution in [3.63, 3.8) is 0 Å². The Kier molecular flexibility index (Phi) is 7.95. The average Bonchev–Trinajstić information content (AvgIpc) is 2.65. The lowest BCUT2D eigenvalue weighted by Gasteiger charge is -2.28. The molecule has 1 saturated carbocycles. The molecule has 26 heavy (non-hydrogen) atoms. The van der Waals surface area contributed by atoms with Gasteiger partial charge in [-0.1, -0.05) is 19.3 Å². The summed E-state index contributed by atoms with van der Waals surface area (Å²) in [6.45, 7) is 8.19. The number of ether oxygens (including phenoxy) is 1. The molecule has 1 fully saturated rings. The number of nitrogens with one attached hydrogen (secondary N) is 1. The van der Waals surface area contributed by atoms with Crippen molar-refractivity contribution >= 4 is 23.3 Å². The third-order valence-corrected chi connectivity index (χ3v) is 5.21. The number of hydrogen-bond donors (Lipinski definition) is 1. The fourth-order valence-corrected chi connectivity index (χ4v) is 3.78. The van der Waals surface area contributed by atoms with E-state index in [1.165, 1.54) is 6.42 Å². The van der Waals surface area contributed by atoms with Gasteiger partial charge in [0.25, 0.3) is 0 Å². The first-order valence-corrected chi connectivity index (χ1v) is 9.93. The van der Waals surface area contributed by atoms with Crippen LogP contribution in [0.1, 0.15) is 52.9 Å². The number of nitrogens with zero attached hydrogens (tertiary/aromatic N) is 1. The lowest BCUT2D eigenvalue weighted by Crippen LogP contribution is -2.37. The van der Waals surface area contributed by atoms with Crippen molar-refractivity contribution in [2.24, 2.45) is 11.8 Å². The maximum Gasteiger partial charge on any atom is 0.318 e. The van der Waals surface area contributed by atoms with Gasteiger partial charge in [-0.3, -0.25) is 9.59 Å². The third kappa shape index (κ3) is 5.23. The zero-order valence-electron chi connectivity index (χ0n) is 16.3. The zero-order valence-corrected chi connectivity index (χ0v) is 16.3. The molecular formula is C21H32N2O3. The minimum Gasteiger partial charge on any atom is -0.465 e. The van der Waals surface area contributed by atoms with E-state index in [0.29, 0.717) is 6.61 Å². The molecule has 144 valence electrons. The highest BCUT2D eigenvalue weighted by molar-refractivity contribution is 6.05. The standard InChI is InChI=1S/C21H32N2O3/c1-4-23(5-2)18-14-12-17(13-15-18)22-20(24)19(21(25)26-6-3)16-10-8-7-9-11-16/h12-16,19H,4-11H2,1-3H3,(H,22,24)/t19-/m0/s1. The van der Waals surface area contributed by atoms with Crippen LogP contribution in [0.25, 0.3) is 0 Å². The topological polar surface area (TPSA) is 58.6 Å². The van der Waals surface area contributed by atoms with Crippen LogP contribution in [-0.2, 0) is 14.3 Å². The Morgan fingerprint density at radius 1 is 1.08 bits per heavy atom. The van der Waals surface area contributed by atoms with Crippen LogP contribution in [-0.4, -0.2) is 31.6 Å². The van der Waals surface area contributed by atoms with E-state index in [-0.39, 0.29) is 11.8 Å². The lowest BCUT2D eigenvalue weighted by molar-refractivity contribution is -0.153. The van der Waals surface area contributed by atoms with Crippen LogP contribution in [0, 0.1) is 11.8 Å². The van der Waals surface area contributed by atoms with E-state index < -0.39 is 11.9 Å². The predicted octanol–water partition coefficient (Wildman–Crippen LogP) is 4.23. The number of amides is 1. The van der Waals surface area contributed by atoms with Gasteiger partial charge >= 0.3 is 5.97 Å². The van der Waals surface area contributed by atoms with E-state index in [1.54, 1.807) is 6.92 Å². The smallest absolute Gasteiger partial charge is 0.318 e. The minimum absolute atomic E-state index is 0.0812. The SMILES string of the molecule is CCOC(=O)[C@H](C(=O)Nc1ccc(N(CC)CC)cc1)C1CCCCC1. The lowest BCUT2D eigenvalue weighted by atomic mass is 9.79. The molecule has 1 amide bonds. The molecule has 0 unspecified atom stereocenters. The summed E-state index contributed by atoms with van der Waals surface area (Å²) in [7, 11) is 0.